The van der Waals surface area contributed by atoms with Gasteiger partial charge < -0.3 is 28.8 Å². The lowest BCUT2D eigenvalue weighted by molar-refractivity contribution is -0.137. The average molecular weight is 599 g/mol. The minimum absolute atomic E-state index is 0.0122. The second-order valence-electron chi connectivity index (χ2n) is 9.30. The van der Waals surface area contributed by atoms with E-state index in [1.165, 1.54) is 29.6 Å². The maximum atomic E-state index is 12.5. The van der Waals surface area contributed by atoms with E-state index in [0.29, 0.717) is 52.4 Å². The summed E-state index contributed by atoms with van der Waals surface area (Å²) in [4.78, 5) is 47.9. The molecule has 0 spiro atoms. The molecule has 0 saturated heterocycles. The SMILES string of the molecule is COc1cc2sc(C(=O)CCC(=O)O)cc2cc1OCCCOc1cc2sc(C(=O)CCC(C)=O)cc2cc1OC. The van der Waals surface area contributed by atoms with Gasteiger partial charge in [-0.1, -0.05) is 0 Å². The number of ketones is 3. The van der Waals surface area contributed by atoms with Gasteiger partial charge in [0.2, 0.25) is 0 Å². The molecule has 2 aromatic heterocycles. The summed E-state index contributed by atoms with van der Waals surface area (Å²) in [5.41, 5.74) is 0. The van der Waals surface area contributed by atoms with Crippen LogP contribution in [0.2, 0.25) is 0 Å². The topological polar surface area (TPSA) is 125 Å². The fourth-order valence-electron chi connectivity index (χ4n) is 4.09. The van der Waals surface area contributed by atoms with Gasteiger partial charge in [-0.05, 0) is 42.0 Å². The Balaban J connectivity index is 1.36. The fourth-order valence-corrected chi connectivity index (χ4v) is 6.17. The molecule has 0 radical (unpaired) electrons. The van der Waals surface area contributed by atoms with Crippen molar-refractivity contribution in [2.45, 2.75) is 39.0 Å². The van der Waals surface area contributed by atoms with E-state index >= 15 is 0 Å². The van der Waals surface area contributed by atoms with Crippen molar-refractivity contribution in [2.75, 3.05) is 27.4 Å². The molecule has 4 rings (SSSR count). The number of hydrogen-bond donors (Lipinski definition) is 1. The zero-order chi connectivity index (χ0) is 29.5. The molecule has 9 nitrogen and oxygen atoms in total. The molecule has 0 amide bonds. The molecule has 4 aromatic rings. The third-order valence-corrected chi connectivity index (χ3v) is 8.51. The Morgan fingerprint density at radius 2 is 1.12 bits per heavy atom. The van der Waals surface area contributed by atoms with Crippen LogP contribution in [0, 0.1) is 0 Å². The van der Waals surface area contributed by atoms with Gasteiger partial charge in [0.25, 0.3) is 0 Å². The molecule has 0 bridgehead atoms. The number of aliphatic carboxylic acids is 1. The Morgan fingerprint density at radius 3 is 1.63 bits per heavy atom. The summed E-state index contributed by atoms with van der Waals surface area (Å²) in [7, 11) is 3.10. The van der Waals surface area contributed by atoms with Crippen molar-refractivity contribution in [2.24, 2.45) is 0 Å². The summed E-state index contributed by atoms with van der Waals surface area (Å²) in [5, 5.41) is 10.5. The Hall–Kier alpha value is -3.96. The molecule has 11 heteroatoms. The van der Waals surface area contributed by atoms with Gasteiger partial charge in [0.05, 0.1) is 43.6 Å². The van der Waals surface area contributed by atoms with Crippen LogP contribution in [0.3, 0.4) is 0 Å². The first-order chi connectivity index (χ1) is 19.7. The lowest BCUT2D eigenvalue weighted by Crippen LogP contribution is -2.06. The van der Waals surface area contributed by atoms with Gasteiger partial charge in [-0.2, -0.15) is 0 Å². The second-order valence-corrected chi connectivity index (χ2v) is 11.5. The number of carbonyl (C=O) groups excluding carboxylic acids is 3. The minimum atomic E-state index is -1.01. The standard InChI is InChI=1S/C30H30O9S2/c1-17(31)5-6-20(32)28-13-18-11-22(36-2)25(16-27(18)41-28)39-10-4-9-38-24-12-19-14-29(21(33)7-8-30(34)35)40-26(19)15-23(24)37-3/h11-16H,4-10H2,1-3H3,(H,34,35). The number of Topliss-reactive ketones (excluding diaryl/α,β-unsaturated/α-hetero) is 3. The van der Waals surface area contributed by atoms with Gasteiger partial charge in [-0.3, -0.25) is 14.4 Å². The van der Waals surface area contributed by atoms with Gasteiger partial charge in [0.1, 0.15) is 5.78 Å². The molecular formula is C30H30O9S2. The fraction of sp³-hybridized carbons (Fsp3) is 0.333. The van der Waals surface area contributed by atoms with Crippen molar-refractivity contribution in [1.82, 2.24) is 0 Å². The highest BCUT2D eigenvalue weighted by atomic mass is 32.1. The Bertz CT molecular complexity index is 1480. The molecule has 216 valence electrons. The molecule has 0 fully saturated rings. The minimum Gasteiger partial charge on any atom is -0.493 e. The van der Waals surface area contributed by atoms with Crippen molar-refractivity contribution in [3.05, 3.63) is 46.2 Å². The van der Waals surface area contributed by atoms with Crippen molar-refractivity contribution < 1.29 is 43.2 Å². The first-order valence-electron chi connectivity index (χ1n) is 12.9. The predicted octanol–water partition coefficient (Wildman–Crippen LogP) is 6.58. The summed E-state index contributed by atoms with van der Waals surface area (Å²) in [6.07, 6.45) is 0.730. The van der Waals surface area contributed by atoms with Crippen LogP contribution in [0.25, 0.3) is 20.2 Å². The van der Waals surface area contributed by atoms with Crippen LogP contribution in [0.4, 0.5) is 0 Å². The molecule has 0 atom stereocenters. The first kappa shape index (κ1) is 30.0. The first-order valence-corrected chi connectivity index (χ1v) is 14.6. The average Bonchev–Trinajstić information content (AvgIpc) is 3.56. The summed E-state index contributed by atoms with van der Waals surface area (Å²) < 4.78 is 24.7. The van der Waals surface area contributed by atoms with Crippen molar-refractivity contribution in [1.29, 1.82) is 0 Å². The molecule has 0 aliphatic heterocycles. The monoisotopic (exact) mass is 598 g/mol. The molecule has 41 heavy (non-hydrogen) atoms. The highest BCUT2D eigenvalue weighted by Gasteiger charge is 2.17. The number of carboxylic acid groups (broad SMARTS) is 1. The quantitative estimate of drug-likeness (QED) is 0.112. The van der Waals surface area contributed by atoms with Crippen molar-refractivity contribution >= 4 is 66.2 Å². The predicted molar refractivity (Wildman–Crippen MR) is 158 cm³/mol. The summed E-state index contributed by atoms with van der Waals surface area (Å²) in [5.74, 6) is 0.886. The highest BCUT2D eigenvalue weighted by Crippen LogP contribution is 2.38. The molecule has 0 aliphatic rings. The Kier molecular flexibility index (Phi) is 9.95. The number of thiophene rings is 2. The van der Waals surface area contributed by atoms with E-state index in [4.69, 9.17) is 24.1 Å². The van der Waals surface area contributed by atoms with Gasteiger partial charge >= 0.3 is 5.97 Å². The molecule has 0 aliphatic carbocycles. The van der Waals surface area contributed by atoms with E-state index in [1.807, 2.05) is 24.3 Å². The van der Waals surface area contributed by atoms with Gasteiger partial charge in [0.15, 0.2) is 34.6 Å². The Morgan fingerprint density at radius 1 is 0.659 bits per heavy atom. The number of carboxylic acids is 1. The van der Waals surface area contributed by atoms with E-state index in [0.717, 1.165) is 20.2 Å². The number of carbonyl (C=O) groups is 4. The number of fused-ring (bicyclic) bond motifs is 2. The zero-order valence-corrected chi connectivity index (χ0v) is 24.6. The van der Waals surface area contributed by atoms with E-state index in [9.17, 15) is 19.2 Å². The van der Waals surface area contributed by atoms with E-state index in [1.54, 1.807) is 26.4 Å². The van der Waals surface area contributed by atoms with Crippen LogP contribution < -0.4 is 18.9 Å². The molecule has 0 saturated carbocycles. The number of hydrogen-bond acceptors (Lipinski definition) is 10. The summed E-state index contributed by atoms with van der Waals surface area (Å²) in [6, 6.07) is 10.9. The number of rotatable bonds is 16. The second kappa shape index (κ2) is 13.6. The van der Waals surface area contributed by atoms with Crippen LogP contribution in [0.15, 0.2) is 36.4 Å². The summed E-state index contributed by atoms with van der Waals surface area (Å²) >= 11 is 2.66. The van der Waals surface area contributed by atoms with Gasteiger partial charge in [0, 0.05) is 47.2 Å². The van der Waals surface area contributed by atoms with Crippen LogP contribution in [-0.4, -0.2) is 55.9 Å². The van der Waals surface area contributed by atoms with E-state index in [-0.39, 0.29) is 43.0 Å². The third kappa shape index (κ3) is 7.62. The molecular weight excluding hydrogens is 568 g/mol. The number of benzene rings is 2. The normalized spacial score (nSPS) is 11.0. The van der Waals surface area contributed by atoms with Crippen LogP contribution in [-0.2, 0) is 9.59 Å². The van der Waals surface area contributed by atoms with E-state index < -0.39 is 5.97 Å². The van der Waals surface area contributed by atoms with Crippen molar-refractivity contribution in [3.8, 4) is 23.0 Å². The molecule has 1 N–H and O–H groups in total. The Labute approximate surface area is 244 Å². The maximum absolute atomic E-state index is 12.5. The lowest BCUT2D eigenvalue weighted by atomic mass is 10.1. The molecule has 2 aromatic carbocycles. The van der Waals surface area contributed by atoms with Crippen LogP contribution >= 0.6 is 22.7 Å². The van der Waals surface area contributed by atoms with Crippen molar-refractivity contribution in [3.63, 3.8) is 0 Å². The maximum Gasteiger partial charge on any atom is 0.303 e. The number of methoxy groups -OCH3 is 2. The van der Waals surface area contributed by atoms with Gasteiger partial charge in [-0.15, -0.1) is 22.7 Å². The van der Waals surface area contributed by atoms with Crippen LogP contribution in [0.1, 0.15) is 58.4 Å². The van der Waals surface area contributed by atoms with E-state index in [2.05, 4.69) is 0 Å². The van der Waals surface area contributed by atoms with Gasteiger partial charge in [-0.25, -0.2) is 0 Å². The van der Waals surface area contributed by atoms with Crippen LogP contribution in [0.5, 0.6) is 23.0 Å². The summed E-state index contributed by atoms with van der Waals surface area (Å²) in [6.45, 7) is 2.17. The third-order valence-electron chi connectivity index (χ3n) is 6.23. The lowest BCUT2D eigenvalue weighted by Gasteiger charge is -2.13. The number of ether oxygens (including phenoxy) is 4. The largest absolute Gasteiger partial charge is 0.493 e. The molecule has 2 heterocycles. The highest BCUT2D eigenvalue weighted by molar-refractivity contribution is 7.21. The zero-order valence-electron chi connectivity index (χ0n) is 22.9. The molecule has 0 unspecified atom stereocenters. The smallest absolute Gasteiger partial charge is 0.303 e.